The van der Waals surface area contributed by atoms with E-state index in [-0.39, 0.29) is 11.4 Å². The highest BCUT2D eigenvalue weighted by atomic mass is 19.1. The van der Waals surface area contributed by atoms with Crippen molar-refractivity contribution in [2.24, 2.45) is 0 Å². The molecule has 0 atom stereocenters. The van der Waals surface area contributed by atoms with Crippen LogP contribution < -0.4 is 0 Å². The van der Waals surface area contributed by atoms with Gasteiger partial charge in [-0.15, -0.1) is 0 Å². The van der Waals surface area contributed by atoms with Crippen molar-refractivity contribution in [2.75, 3.05) is 0 Å². The van der Waals surface area contributed by atoms with Gasteiger partial charge in [-0.1, -0.05) is 0 Å². The van der Waals surface area contributed by atoms with Gasteiger partial charge in [0.1, 0.15) is 12.1 Å². The molecular weight excluding hydrogens is 259 g/mol. The van der Waals surface area contributed by atoms with E-state index in [4.69, 9.17) is 5.11 Å². The lowest BCUT2D eigenvalue weighted by Crippen LogP contribution is -1.98. The lowest BCUT2D eigenvalue weighted by molar-refractivity contribution is 0.0697. The molecule has 0 aliphatic heterocycles. The normalized spacial score (nSPS) is 10.9. The van der Waals surface area contributed by atoms with Gasteiger partial charge in [-0.2, -0.15) is 0 Å². The molecule has 0 bridgehead atoms. The molecule has 2 aromatic carbocycles. The van der Waals surface area contributed by atoms with Crippen LogP contribution in [0.3, 0.4) is 0 Å². The molecule has 0 aliphatic carbocycles. The summed E-state index contributed by atoms with van der Waals surface area (Å²) in [7, 11) is 0. The van der Waals surface area contributed by atoms with Gasteiger partial charge in [-0.3, -0.25) is 4.57 Å². The highest BCUT2D eigenvalue weighted by molar-refractivity contribution is 5.92. The zero-order valence-corrected chi connectivity index (χ0v) is 10.7. The minimum atomic E-state index is -1.00. The Hall–Kier alpha value is -2.69. The summed E-state index contributed by atoms with van der Waals surface area (Å²) in [6.07, 6.45) is 1.56. The van der Waals surface area contributed by atoms with E-state index < -0.39 is 5.97 Å². The van der Waals surface area contributed by atoms with Crippen LogP contribution in [0.25, 0.3) is 16.7 Å². The predicted molar refractivity (Wildman–Crippen MR) is 72.7 cm³/mol. The molecule has 0 fully saturated rings. The molecule has 0 radical (unpaired) electrons. The first-order valence-electron chi connectivity index (χ1n) is 6.02. The molecule has 20 heavy (non-hydrogen) atoms. The molecule has 0 saturated carbocycles. The highest BCUT2D eigenvalue weighted by Crippen LogP contribution is 2.21. The van der Waals surface area contributed by atoms with E-state index in [9.17, 15) is 9.18 Å². The van der Waals surface area contributed by atoms with E-state index in [1.54, 1.807) is 23.9 Å². The Morgan fingerprint density at radius 2 is 2.05 bits per heavy atom. The molecule has 100 valence electrons. The zero-order valence-electron chi connectivity index (χ0n) is 10.7. The van der Waals surface area contributed by atoms with Crippen LogP contribution in [-0.2, 0) is 0 Å². The van der Waals surface area contributed by atoms with E-state index in [2.05, 4.69) is 4.98 Å². The van der Waals surface area contributed by atoms with Gasteiger partial charge < -0.3 is 5.11 Å². The number of carboxylic acids is 1. The molecule has 0 unspecified atom stereocenters. The van der Waals surface area contributed by atoms with Crippen molar-refractivity contribution in [1.29, 1.82) is 0 Å². The summed E-state index contributed by atoms with van der Waals surface area (Å²) in [5.74, 6) is -1.34. The van der Waals surface area contributed by atoms with Gasteiger partial charge in [0.15, 0.2) is 0 Å². The Kier molecular flexibility index (Phi) is 2.75. The Labute approximate surface area is 114 Å². The molecular formula is C15H11FN2O2. The summed E-state index contributed by atoms with van der Waals surface area (Å²) in [6.45, 7) is 1.80. The first-order valence-corrected chi connectivity index (χ1v) is 6.02. The topological polar surface area (TPSA) is 55.1 Å². The van der Waals surface area contributed by atoms with Crippen LogP contribution in [0.1, 0.15) is 15.9 Å². The zero-order chi connectivity index (χ0) is 14.3. The van der Waals surface area contributed by atoms with Crippen LogP contribution in [0, 0.1) is 12.7 Å². The fourth-order valence-corrected chi connectivity index (χ4v) is 2.20. The third-order valence-electron chi connectivity index (χ3n) is 3.10. The molecule has 0 spiro atoms. The van der Waals surface area contributed by atoms with Crippen LogP contribution >= 0.6 is 0 Å². The molecule has 0 aliphatic rings. The third-order valence-corrected chi connectivity index (χ3v) is 3.10. The number of aryl methyl sites for hydroxylation is 1. The van der Waals surface area contributed by atoms with Gasteiger partial charge in [-0.05, 0) is 48.9 Å². The second-order valence-electron chi connectivity index (χ2n) is 4.61. The quantitative estimate of drug-likeness (QED) is 0.778. The van der Waals surface area contributed by atoms with Gasteiger partial charge in [0, 0.05) is 0 Å². The van der Waals surface area contributed by atoms with Crippen molar-refractivity contribution < 1.29 is 14.3 Å². The summed E-state index contributed by atoms with van der Waals surface area (Å²) in [5, 5.41) is 9.04. The number of carbonyl (C=O) groups is 1. The molecule has 0 amide bonds. The number of aromatic nitrogens is 2. The van der Waals surface area contributed by atoms with E-state index in [1.165, 1.54) is 24.3 Å². The molecule has 1 N–H and O–H groups in total. The number of rotatable bonds is 2. The number of benzene rings is 2. The predicted octanol–water partition coefficient (Wildman–Crippen LogP) is 3.17. The van der Waals surface area contributed by atoms with E-state index >= 15 is 0 Å². The summed E-state index contributed by atoms with van der Waals surface area (Å²) in [6, 6.07) is 9.32. The van der Waals surface area contributed by atoms with Gasteiger partial charge in [-0.25, -0.2) is 14.2 Å². The summed E-state index contributed by atoms with van der Waals surface area (Å²) >= 11 is 0. The fourth-order valence-electron chi connectivity index (χ4n) is 2.20. The van der Waals surface area contributed by atoms with Crippen LogP contribution in [-0.4, -0.2) is 20.6 Å². The van der Waals surface area contributed by atoms with Crippen LogP contribution in [0.4, 0.5) is 4.39 Å². The van der Waals surface area contributed by atoms with Crippen molar-refractivity contribution in [2.45, 2.75) is 6.92 Å². The Bertz CT molecular complexity index is 804. The summed E-state index contributed by atoms with van der Waals surface area (Å²) in [4.78, 5) is 15.2. The maximum absolute atomic E-state index is 13.5. The lowest BCUT2D eigenvalue weighted by Gasteiger charge is -2.06. The van der Waals surface area contributed by atoms with Crippen molar-refractivity contribution in [3.8, 4) is 5.69 Å². The Morgan fingerprint density at radius 3 is 2.75 bits per heavy atom. The molecule has 3 aromatic rings. The van der Waals surface area contributed by atoms with Gasteiger partial charge in [0.05, 0.1) is 22.3 Å². The second-order valence-corrected chi connectivity index (χ2v) is 4.61. The molecule has 4 nitrogen and oxygen atoms in total. The van der Waals surface area contributed by atoms with E-state index in [0.717, 1.165) is 5.56 Å². The highest BCUT2D eigenvalue weighted by Gasteiger charge is 2.10. The monoisotopic (exact) mass is 270 g/mol. The molecule has 1 aromatic heterocycles. The molecule has 5 heteroatoms. The van der Waals surface area contributed by atoms with E-state index in [0.29, 0.717) is 16.7 Å². The number of hydrogen-bond donors (Lipinski definition) is 1. The maximum Gasteiger partial charge on any atom is 0.335 e. The van der Waals surface area contributed by atoms with Gasteiger partial charge >= 0.3 is 5.97 Å². The minimum Gasteiger partial charge on any atom is -0.478 e. The average molecular weight is 270 g/mol. The van der Waals surface area contributed by atoms with Crippen molar-refractivity contribution in [1.82, 2.24) is 9.55 Å². The fraction of sp³-hybridized carbons (Fsp3) is 0.0667. The van der Waals surface area contributed by atoms with E-state index in [1.807, 2.05) is 6.07 Å². The number of hydrogen-bond acceptors (Lipinski definition) is 2. The number of imidazole rings is 1. The van der Waals surface area contributed by atoms with Gasteiger partial charge in [0.25, 0.3) is 0 Å². The second kappa shape index (κ2) is 4.45. The smallest absolute Gasteiger partial charge is 0.335 e. The number of carboxylic acid groups (broad SMARTS) is 1. The van der Waals surface area contributed by atoms with Crippen molar-refractivity contribution in [3.05, 3.63) is 59.7 Å². The first kappa shape index (κ1) is 12.3. The van der Waals surface area contributed by atoms with Gasteiger partial charge in [0.2, 0.25) is 0 Å². The Morgan fingerprint density at radius 1 is 1.25 bits per heavy atom. The van der Waals surface area contributed by atoms with Crippen LogP contribution in [0.2, 0.25) is 0 Å². The Balaban J connectivity index is 2.25. The summed E-state index contributed by atoms with van der Waals surface area (Å²) in [5.41, 5.74) is 2.88. The number of fused-ring (bicyclic) bond motifs is 1. The lowest BCUT2D eigenvalue weighted by atomic mass is 10.2. The molecule has 1 heterocycles. The number of aromatic carboxylic acids is 1. The molecule has 3 rings (SSSR count). The van der Waals surface area contributed by atoms with Crippen LogP contribution in [0.5, 0.6) is 0 Å². The SMILES string of the molecule is Cc1cc(F)cc(-n2cnc3ccc(C(=O)O)cc32)c1. The summed E-state index contributed by atoms with van der Waals surface area (Å²) < 4.78 is 15.2. The standard InChI is InChI=1S/C15H11FN2O2/c1-9-4-11(16)7-12(5-9)18-8-17-13-3-2-10(15(19)20)6-14(13)18/h2-8H,1H3,(H,19,20). The molecule has 0 saturated heterocycles. The largest absolute Gasteiger partial charge is 0.478 e. The maximum atomic E-state index is 13.5. The van der Waals surface area contributed by atoms with Crippen LogP contribution in [0.15, 0.2) is 42.7 Å². The first-order chi connectivity index (χ1) is 9.54. The number of halogens is 1. The average Bonchev–Trinajstić information content (AvgIpc) is 2.80. The third kappa shape index (κ3) is 2.03. The van der Waals surface area contributed by atoms with Crippen molar-refractivity contribution >= 4 is 17.0 Å². The minimum absolute atomic E-state index is 0.173. The number of nitrogens with zero attached hydrogens (tertiary/aromatic N) is 2. The van der Waals surface area contributed by atoms with Crippen molar-refractivity contribution in [3.63, 3.8) is 0 Å².